The summed E-state index contributed by atoms with van der Waals surface area (Å²) in [5.41, 5.74) is 1.29. The third kappa shape index (κ3) is 3.11. The van der Waals surface area contributed by atoms with Crippen LogP contribution in [0.1, 0.15) is 56.4 Å². The summed E-state index contributed by atoms with van der Waals surface area (Å²) in [4.78, 5) is 14.7. The van der Waals surface area contributed by atoms with Crippen molar-refractivity contribution in [2.75, 3.05) is 13.1 Å². The molecule has 3 nitrogen and oxygen atoms in total. The Labute approximate surface area is 138 Å². The second kappa shape index (κ2) is 6.18. The molecule has 1 heterocycles. The first kappa shape index (κ1) is 15.0. The maximum atomic E-state index is 12.6. The van der Waals surface area contributed by atoms with Crippen molar-refractivity contribution >= 4 is 5.91 Å². The van der Waals surface area contributed by atoms with Gasteiger partial charge in [0, 0.05) is 19.5 Å². The standard InChI is InChI=1S/C20H27NO2/c22-19-5-3-15(4-6-19)16-7-9-21(10-8-16)20(23)13-18-12-14-1-2-17(18)11-14/h3-6,14,16-18,22H,1-2,7-13H2. The van der Waals surface area contributed by atoms with Gasteiger partial charge in [-0.2, -0.15) is 0 Å². The number of likely N-dealkylation sites (tertiary alicyclic amines) is 1. The molecule has 1 amide bonds. The van der Waals surface area contributed by atoms with E-state index in [1.807, 2.05) is 12.1 Å². The van der Waals surface area contributed by atoms with E-state index in [-0.39, 0.29) is 0 Å². The lowest BCUT2D eigenvalue weighted by molar-refractivity contribution is -0.133. The van der Waals surface area contributed by atoms with Gasteiger partial charge in [-0.3, -0.25) is 4.79 Å². The van der Waals surface area contributed by atoms with Gasteiger partial charge in [0.15, 0.2) is 0 Å². The Kier molecular flexibility index (Phi) is 4.04. The topological polar surface area (TPSA) is 40.5 Å². The highest BCUT2D eigenvalue weighted by Crippen LogP contribution is 2.49. The monoisotopic (exact) mass is 313 g/mol. The van der Waals surface area contributed by atoms with Gasteiger partial charge in [0.1, 0.15) is 5.75 Å². The molecule has 3 fully saturated rings. The molecule has 1 saturated heterocycles. The largest absolute Gasteiger partial charge is 0.508 e. The molecule has 1 aromatic rings. The third-order valence-electron chi connectivity index (χ3n) is 6.53. The van der Waals surface area contributed by atoms with Crippen LogP contribution in [0.4, 0.5) is 0 Å². The number of piperidine rings is 1. The van der Waals surface area contributed by atoms with E-state index < -0.39 is 0 Å². The zero-order valence-corrected chi connectivity index (χ0v) is 13.8. The van der Waals surface area contributed by atoms with Crippen molar-refractivity contribution in [1.29, 1.82) is 0 Å². The molecule has 3 atom stereocenters. The number of carbonyl (C=O) groups excluding carboxylic acids is 1. The molecular weight excluding hydrogens is 286 g/mol. The number of amides is 1. The van der Waals surface area contributed by atoms with Crippen LogP contribution in [0.3, 0.4) is 0 Å². The van der Waals surface area contributed by atoms with Crippen molar-refractivity contribution in [3.8, 4) is 5.75 Å². The van der Waals surface area contributed by atoms with Gasteiger partial charge in [-0.05, 0) is 73.5 Å². The Hall–Kier alpha value is -1.51. The molecule has 124 valence electrons. The molecule has 2 aliphatic carbocycles. The van der Waals surface area contributed by atoms with Gasteiger partial charge in [0.25, 0.3) is 0 Å². The molecule has 3 aliphatic rings. The van der Waals surface area contributed by atoms with Crippen LogP contribution >= 0.6 is 0 Å². The van der Waals surface area contributed by atoms with Crippen LogP contribution in [0.5, 0.6) is 5.75 Å². The number of hydrogen-bond acceptors (Lipinski definition) is 2. The number of aromatic hydroxyl groups is 1. The van der Waals surface area contributed by atoms with Gasteiger partial charge < -0.3 is 10.0 Å². The first-order valence-electron chi connectivity index (χ1n) is 9.25. The fraction of sp³-hybridized carbons (Fsp3) is 0.650. The predicted molar refractivity (Wildman–Crippen MR) is 90.2 cm³/mol. The number of rotatable bonds is 3. The molecule has 1 N–H and O–H groups in total. The molecule has 0 aromatic heterocycles. The quantitative estimate of drug-likeness (QED) is 0.918. The number of fused-ring (bicyclic) bond motifs is 2. The maximum absolute atomic E-state index is 12.6. The molecule has 2 saturated carbocycles. The van der Waals surface area contributed by atoms with E-state index in [0.29, 0.717) is 23.5 Å². The summed E-state index contributed by atoms with van der Waals surface area (Å²) in [7, 11) is 0. The van der Waals surface area contributed by atoms with Crippen molar-refractivity contribution in [3.63, 3.8) is 0 Å². The van der Waals surface area contributed by atoms with Crippen LogP contribution in [-0.2, 0) is 4.79 Å². The van der Waals surface area contributed by atoms with Crippen molar-refractivity contribution in [3.05, 3.63) is 29.8 Å². The van der Waals surface area contributed by atoms with Gasteiger partial charge >= 0.3 is 0 Å². The number of nitrogens with zero attached hydrogens (tertiary/aromatic N) is 1. The zero-order valence-electron chi connectivity index (χ0n) is 13.8. The zero-order chi connectivity index (χ0) is 15.8. The van der Waals surface area contributed by atoms with E-state index in [0.717, 1.165) is 44.2 Å². The summed E-state index contributed by atoms with van der Waals surface area (Å²) >= 11 is 0. The minimum absolute atomic E-state index is 0.326. The van der Waals surface area contributed by atoms with Gasteiger partial charge in [-0.15, -0.1) is 0 Å². The highest BCUT2D eigenvalue weighted by Gasteiger charge is 2.40. The van der Waals surface area contributed by atoms with E-state index in [4.69, 9.17) is 0 Å². The summed E-state index contributed by atoms with van der Waals surface area (Å²) in [6.07, 6.45) is 8.37. The lowest BCUT2D eigenvalue weighted by Crippen LogP contribution is -2.39. The fourth-order valence-corrected chi connectivity index (χ4v) is 5.19. The van der Waals surface area contributed by atoms with E-state index >= 15 is 0 Å². The van der Waals surface area contributed by atoms with E-state index in [2.05, 4.69) is 4.90 Å². The Morgan fingerprint density at radius 2 is 1.78 bits per heavy atom. The third-order valence-corrected chi connectivity index (χ3v) is 6.53. The lowest BCUT2D eigenvalue weighted by Gasteiger charge is -2.33. The minimum atomic E-state index is 0.326. The normalized spacial score (nSPS) is 30.8. The Morgan fingerprint density at radius 3 is 2.39 bits per heavy atom. The molecule has 2 bridgehead atoms. The predicted octanol–water partition coefficient (Wildman–Crippen LogP) is 3.92. The summed E-state index contributed by atoms with van der Waals surface area (Å²) in [6.45, 7) is 1.79. The highest BCUT2D eigenvalue weighted by atomic mass is 16.3. The van der Waals surface area contributed by atoms with Crippen LogP contribution in [0.2, 0.25) is 0 Å². The average molecular weight is 313 g/mol. The van der Waals surface area contributed by atoms with Crippen molar-refractivity contribution in [1.82, 2.24) is 4.90 Å². The summed E-state index contributed by atoms with van der Waals surface area (Å²) in [6, 6.07) is 7.57. The van der Waals surface area contributed by atoms with Gasteiger partial charge in [-0.25, -0.2) is 0 Å². The molecule has 1 aliphatic heterocycles. The minimum Gasteiger partial charge on any atom is -0.508 e. The van der Waals surface area contributed by atoms with E-state index in [9.17, 15) is 9.90 Å². The molecule has 3 unspecified atom stereocenters. The second-order valence-corrected chi connectivity index (χ2v) is 7.89. The molecule has 4 rings (SSSR count). The Morgan fingerprint density at radius 1 is 1.04 bits per heavy atom. The molecular formula is C20H27NO2. The Bertz CT molecular complexity index is 560. The van der Waals surface area contributed by atoms with E-state index in [1.165, 1.54) is 31.2 Å². The smallest absolute Gasteiger partial charge is 0.222 e. The van der Waals surface area contributed by atoms with Crippen LogP contribution < -0.4 is 0 Å². The van der Waals surface area contributed by atoms with Crippen LogP contribution in [0, 0.1) is 17.8 Å². The van der Waals surface area contributed by atoms with Crippen molar-refractivity contribution < 1.29 is 9.90 Å². The first-order valence-corrected chi connectivity index (χ1v) is 9.25. The molecule has 0 radical (unpaired) electrons. The molecule has 23 heavy (non-hydrogen) atoms. The average Bonchev–Trinajstić information content (AvgIpc) is 3.18. The number of hydrogen-bond donors (Lipinski definition) is 1. The van der Waals surface area contributed by atoms with Gasteiger partial charge in [0.2, 0.25) is 5.91 Å². The highest BCUT2D eigenvalue weighted by molar-refractivity contribution is 5.76. The second-order valence-electron chi connectivity index (χ2n) is 7.89. The molecule has 3 heteroatoms. The van der Waals surface area contributed by atoms with Crippen LogP contribution in [0.25, 0.3) is 0 Å². The number of phenols is 1. The van der Waals surface area contributed by atoms with Crippen molar-refractivity contribution in [2.45, 2.75) is 50.9 Å². The summed E-state index contributed by atoms with van der Waals surface area (Å²) in [5, 5.41) is 9.40. The number of benzene rings is 1. The van der Waals surface area contributed by atoms with Gasteiger partial charge in [0.05, 0.1) is 0 Å². The molecule has 1 aromatic carbocycles. The SMILES string of the molecule is O=C(CC1CC2CCC1C2)N1CCC(c2ccc(O)cc2)CC1. The van der Waals surface area contributed by atoms with E-state index in [1.54, 1.807) is 12.1 Å². The maximum Gasteiger partial charge on any atom is 0.222 e. The van der Waals surface area contributed by atoms with Gasteiger partial charge in [-0.1, -0.05) is 18.6 Å². The van der Waals surface area contributed by atoms with Crippen LogP contribution in [0.15, 0.2) is 24.3 Å². The lowest BCUT2D eigenvalue weighted by atomic mass is 9.85. The van der Waals surface area contributed by atoms with Crippen LogP contribution in [-0.4, -0.2) is 29.0 Å². The number of carbonyl (C=O) groups is 1. The summed E-state index contributed by atoms with van der Waals surface area (Å²) < 4.78 is 0. The first-order chi connectivity index (χ1) is 11.2. The fourth-order valence-electron chi connectivity index (χ4n) is 5.19. The number of phenolic OH excluding ortho intramolecular Hbond substituents is 1. The van der Waals surface area contributed by atoms with Crippen molar-refractivity contribution in [2.24, 2.45) is 17.8 Å². The Balaban J connectivity index is 1.29. The molecule has 0 spiro atoms. The summed E-state index contributed by atoms with van der Waals surface area (Å²) in [5.74, 6) is 3.70.